The van der Waals surface area contributed by atoms with Crippen molar-refractivity contribution in [1.82, 2.24) is 9.78 Å². The average Bonchev–Trinajstić information content (AvgIpc) is 2.85. The van der Waals surface area contributed by atoms with E-state index in [1.54, 1.807) is 4.68 Å². The Morgan fingerprint density at radius 1 is 1.00 bits per heavy atom. The van der Waals surface area contributed by atoms with Crippen molar-refractivity contribution in [3.8, 4) is 22.7 Å². The first kappa shape index (κ1) is 14.4. The largest absolute Gasteiger partial charge is 0.493 e. The van der Waals surface area contributed by atoms with Crippen LogP contribution in [-0.4, -0.2) is 14.9 Å². The van der Waals surface area contributed by atoms with Gasteiger partial charge in [-0.2, -0.15) is 5.10 Å². The van der Waals surface area contributed by atoms with Crippen molar-refractivity contribution >= 4 is 0 Å². The van der Waals surface area contributed by atoms with Gasteiger partial charge >= 0.3 is 0 Å². The van der Waals surface area contributed by atoms with E-state index in [1.165, 1.54) is 0 Å². The Hall–Kier alpha value is -2.55. The maximum absolute atomic E-state index is 10.8. The van der Waals surface area contributed by atoms with Gasteiger partial charge in [-0.25, -0.2) is 4.68 Å². The van der Waals surface area contributed by atoms with Crippen LogP contribution in [0.5, 0.6) is 5.88 Å². The second-order valence-corrected chi connectivity index (χ2v) is 5.46. The molecule has 0 fully saturated rings. The summed E-state index contributed by atoms with van der Waals surface area (Å²) in [5.74, 6) is 0.212. The zero-order chi connectivity index (χ0) is 15.5. The first-order valence-electron chi connectivity index (χ1n) is 7.64. The Bertz CT molecular complexity index is 775. The van der Waals surface area contributed by atoms with E-state index in [1.807, 2.05) is 61.5 Å². The van der Waals surface area contributed by atoms with E-state index in [9.17, 15) is 5.11 Å². The van der Waals surface area contributed by atoms with E-state index in [4.69, 9.17) is 0 Å². The lowest BCUT2D eigenvalue weighted by Gasteiger charge is -2.07. The van der Waals surface area contributed by atoms with Crippen molar-refractivity contribution in [2.24, 2.45) is 0 Å². The summed E-state index contributed by atoms with van der Waals surface area (Å²) in [4.78, 5) is 0. The van der Waals surface area contributed by atoms with Crippen LogP contribution < -0.4 is 0 Å². The third kappa shape index (κ3) is 2.50. The standard InChI is InChI=1S/C19H20N2O/c1-3-9-16-18(15-11-5-4-6-12-15)19(22)21(20-16)17-13-8-7-10-14(17)2/h4-8,10-13,22H,3,9H2,1-2H3. The molecule has 3 nitrogen and oxygen atoms in total. The molecule has 0 saturated heterocycles. The molecule has 112 valence electrons. The summed E-state index contributed by atoms with van der Waals surface area (Å²) < 4.78 is 1.66. The molecular formula is C19H20N2O. The highest BCUT2D eigenvalue weighted by Crippen LogP contribution is 2.35. The van der Waals surface area contributed by atoms with Crippen molar-refractivity contribution in [2.75, 3.05) is 0 Å². The number of aromatic hydroxyl groups is 1. The quantitative estimate of drug-likeness (QED) is 0.768. The van der Waals surface area contributed by atoms with Crippen molar-refractivity contribution in [2.45, 2.75) is 26.7 Å². The molecule has 22 heavy (non-hydrogen) atoms. The molecule has 1 N–H and O–H groups in total. The van der Waals surface area contributed by atoms with Gasteiger partial charge in [-0.05, 0) is 30.5 Å². The van der Waals surface area contributed by atoms with Gasteiger partial charge < -0.3 is 5.11 Å². The number of aryl methyl sites for hydroxylation is 2. The molecule has 0 spiro atoms. The van der Waals surface area contributed by atoms with Crippen molar-refractivity contribution < 1.29 is 5.11 Å². The van der Waals surface area contributed by atoms with Gasteiger partial charge in [0.25, 0.3) is 0 Å². The van der Waals surface area contributed by atoms with Gasteiger partial charge in [-0.1, -0.05) is 61.9 Å². The molecule has 3 heteroatoms. The smallest absolute Gasteiger partial charge is 0.222 e. The third-order valence-electron chi connectivity index (χ3n) is 3.83. The number of para-hydroxylation sites is 1. The Balaban J connectivity index is 2.21. The second kappa shape index (κ2) is 6.06. The molecule has 3 aromatic rings. The molecule has 0 saturated carbocycles. The van der Waals surface area contributed by atoms with E-state index in [2.05, 4.69) is 12.0 Å². The fourth-order valence-electron chi connectivity index (χ4n) is 2.73. The van der Waals surface area contributed by atoms with Crippen LogP contribution in [0.1, 0.15) is 24.6 Å². The molecule has 0 bridgehead atoms. The summed E-state index contributed by atoms with van der Waals surface area (Å²) >= 11 is 0. The molecule has 1 heterocycles. The fourth-order valence-corrected chi connectivity index (χ4v) is 2.73. The molecule has 0 aliphatic carbocycles. The highest BCUT2D eigenvalue weighted by atomic mass is 16.3. The van der Waals surface area contributed by atoms with Gasteiger partial charge in [-0.15, -0.1) is 0 Å². The van der Waals surface area contributed by atoms with E-state index in [0.29, 0.717) is 0 Å². The van der Waals surface area contributed by atoms with Crippen molar-refractivity contribution in [3.63, 3.8) is 0 Å². The first-order chi connectivity index (χ1) is 10.7. The monoisotopic (exact) mass is 292 g/mol. The van der Waals surface area contributed by atoms with Gasteiger partial charge in [0, 0.05) is 0 Å². The molecule has 0 atom stereocenters. The Kier molecular flexibility index (Phi) is 3.96. The number of hydrogen-bond acceptors (Lipinski definition) is 2. The van der Waals surface area contributed by atoms with Gasteiger partial charge in [0.15, 0.2) is 0 Å². The second-order valence-electron chi connectivity index (χ2n) is 5.46. The predicted molar refractivity (Wildman–Crippen MR) is 89.4 cm³/mol. The Labute approximate surface area is 130 Å². The Morgan fingerprint density at radius 2 is 1.68 bits per heavy atom. The molecule has 3 rings (SSSR count). The van der Waals surface area contributed by atoms with Gasteiger partial charge in [0.2, 0.25) is 5.88 Å². The summed E-state index contributed by atoms with van der Waals surface area (Å²) in [6.45, 7) is 4.15. The van der Waals surface area contributed by atoms with Crippen LogP contribution in [0.4, 0.5) is 0 Å². The zero-order valence-electron chi connectivity index (χ0n) is 13.0. The minimum absolute atomic E-state index is 0.212. The molecule has 2 aromatic carbocycles. The van der Waals surface area contributed by atoms with Crippen LogP contribution in [0, 0.1) is 6.92 Å². The summed E-state index contributed by atoms with van der Waals surface area (Å²) in [5.41, 5.74) is 4.78. The maximum Gasteiger partial charge on any atom is 0.222 e. The molecule has 0 unspecified atom stereocenters. The summed E-state index contributed by atoms with van der Waals surface area (Å²) in [7, 11) is 0. The van der Waals surface area contributed by atoms with Crippen LogP contribution in [-0.2, 0) is 6.42 Å². The SMILES string of the molecule is CCCc1nn(-c2ccccc2C)c(O)c1-c1ccccc1. The predicted octanol–water partition coefficient (Wildman–Crippen LogP) is 4.51. The molecule has 0 aliphatic rings. The van der Waals surface area contributed by atoms with Crippen molar-refractivity contribution in [3.05, 3.63) is 65.9 Å². The van der Waals surface area contributed by atoms with Gasteiger partial charge in [0.1, 0.15) is 0 Å². The number of benzene rings is 2. The van der Waals surface area contributed by atoms with Gasteiger partial charge in [0.05, 0.1) is 16.9 Å². The van der Waals surface area contributed by atoms with Crippen LogP contribution in [0.3, 0.4) is 0 Å². The van der Waals surface area contributed by atoms with E-state index in [0.717, 1.165) is 40.9 Å². The number of nitrogens with zero attached hydrogens (tertiary/aromatic N) is 2. The molecular weight excluding hydrogens is 272 g/mol. The Morgan fingerprint density at radius 3 is 2.36 bits per heavy atom. The minimum Gasteiger partial charge on any atom is -0.493 e. The lowest BCUT2D eigenvalue weighted by Crippen LogP contribution is -1.99. The van der Waals surface area contributed by atoms with E-state index >= 15 is 0 Å². The third-order valence-corrected chi connectivity index (χ3v) is 3.83. The lowest BCUT2D eigenvalue weighted by atomic mass is 10.0. The minimum atomic E-state index is 0.212. The summed E-state index contributed by atoms with van der Waals surface area (Å²) in [6.07, 6.45) is 1.83. The zero-order valence-corrected chi connectivity index (χ0v) is 13.0. The number of rotatable bonds is 4. The number of hydrogen-bond donors (Lipinski definition) is 1. The van der Waals surface area contributed by atoms with Crippen LogP contribution in [0.25, 0.3) is 16.8 Å². The average molecular weight is 292 g/mol. The highest BCUT2D eigenvalue weighted by molar-refractivity contribution is 5.72. The first-order valence-corrected chi connectivity index (χ1v) is 7.64. The summed E-state index contributed by atoms with van der Waals surface area (Å²) in [5, 5.41) is 15.4. The molecule has 0 aliphatic heterocycles. The molecule has 1 aromatic heterocycles. The topological polar surface area (TPSA) is 38.0 Å². The van der Waals surface area contributed by atoms with Gasteiger partial charge in [-0.3, -0.25) is 0 Å². The highest BCUT2D eigenvalue weighted by Gasteiger charge is 2.19. The van der Waals surface area contributed by atoms with Crippen LogP contribution >= 0.6 is 0 Å². The fraction of sp³-hybridized carbons (Fsp3) is 0.211. The lowest BCUT2D eigenvalue weighted by molar-refractivity contribution is 0.435. The summed E-state index contributed by atoms with van der Waals surface area (Å²) in [6, 6.07) is 17.9. The van der Waals surface area contributed by atoms with E-state index in [-0.39, 0.29) is 5.88 Å². The van der Waals surface area contributed by atoms with Crippen LogP contribution in [0.15, 0.2) is 54.6 Å². The van der Waals surface area contributed by atoms with Crippen LogP contribution in [0.2, 0.25) is 0 Å². The maximum atomic E-state index is 10.8. The van der Waals surface area contributed by atoms with Crippen molar-refractivity contribution in [1.29, 1.82) is 0 Å². The normalized spacial score (nSPS) is 10.8. The van der Waals surface area contributed by atoms with E-state index < -0.39 is 0 Å². The molecule has 0 amide bonds. The molecule has 0 radical (unpaired) electrons. The number of aromatic nitrogens is 2.